The predicted molar refractivity (Wildman–Crippen MR) is 112 cm³/mol. The van der Waals surface area contributed by atoms with Gasteiger partial charge in [-0.3, -0.25) is 14.8 Å². The number of aryl methyl sites for hydroxylation is 1. The minimum absolute atomic E-state index is 0.223. The van der Waals surface area contributed by atoms with E-state index in [1.54, 1.807) is 31.5 Å². The number of unbranched alkanes of at least 4 members (excludes halogenated alkanes) is 1. The Hall–Kier alpha value is -2.58. The molecule has 0 aliphatic heterocycles. The predicted octanol–water partition coefficient (Wildman–Crippen LogP) is 3.99. The number of rotatable bonds is 8. The second-order valence-corrected chi connectivity index (χ2v) is 8.20. The summed E-state index contributed by atoms with van der Waals surface area (Å²) in [5, 5.41) is 0.357. The number of aromatic nitrogens is 3. The smallest absolute Gasteiger partial charge is 0.322 e. The number of esters is 1. The molecule has 0 spiro atoms. The van der Waals surface area contributed by atoms with Crippen molar-refractivity contribution >= 4 is 28.2 Å². The zero-order chi connectivity index (χ0) is 21.0. The van der Waals surface area contributed by atoms with Crippen LogP contribution in [0.4, 0.5) is 0 Å². The first-order valence-electron chi connectivity index (χ1n) is 9.50. The molecule has 3 rings (SSSR count). The number of hydrogen-bond acceptors (Lipinski definition) is 6. The molecule has 0 amide bonds. The highest BCUT2D eigenvalue weighted by Gasteiger charge is 2.21. The largest absolute Gasteiger partial charge is 0.609 e. The Morgan fingerprint density at radius 1 is 1.31 bits per heavy atom. The van der Waals surface area contributed by atoms with Crippen molar-refractivity contribution in [1.82, 2.24) is 15.0 Å². The molecule has 1 unspecified atom stereocenters. The van der Waals surface area contributed by atoms with E-state index in [-0.39, 0.29) is 11.7 Å². The van der Waals surface area contributed by atoms with Gasteiger partial charge in [-0.1, -0.05) is 13.3 Å². The Bertz CT molecular complexity index is 1020. The van der Waals surface area contributed by atoms with E-state index in [0.717, 1.165) is 35.2 Å². The molecule has 29 heavy (non-hydrogen) atoms. The summed E-state index contributed by atoms with van der Waals surface area (Å²) < 4.78 is 23.6. The van der Waals surface area contributed by atoms with E-state index in [1.807, 2.05) is 20.8 Å². The molecule has 7 nitrogen and oxygen atoms in total. The number of hydrogen-bond donors (Lipinski definition) is 1. The number of benzene rings is 1. The first-order chi connectivity index (χ1) is 13.9. The van der Waals surface area contributed by atoms with Gasteiger partial charge in [-0.15, -0.1) is 0 Å². The van der Waals surface area contributed by atoms with E-state index in [1.165, 1.54) is 0 Å². The van der Waals surface area contributed by atoms with Crippen LogP contribution in [0.2, 0.25) is 0 Å². The number of carbonyl (C=O) groups is 1. The lowest BCUT2D eigenvalue weighted by atomic mass is 10.1. The van der Waals surface area contributed by atoms with Crippen molar-refractivity contribution in [2.75, 3.05) is 7.11 Å². The summed E-state index contributed by atoms with van der Waals surface area (Å²) in [6, 6.07) is 5.15. The molecule has 2 aromatic heterocycles. The maximum absolute atomic E-state index is 12.9. The average molecular weight is 416 g/mol. The van der Waals surface area contributed by atoms with Crippen LogP contribution >= 0.6 is 0 Å². The third-order valence-corrected chi connectivity index (χ3v) is 5.79. The van der Waals surface area contributed by atoms with Gasteiger partial charge in [-0.25, -0.2) is 0 Å². The fraction of sp³-hybridized carbons (Fsp3) is 0.381. The van der Waals surface area contributed by atoms with Crippen molar-refractivity contribution in [3.05, 3.63) is 41.2 Å². The number of carbonyl (C=O) groups excluding carboxylic acids is 1. The quantitative estimate of drug-likeness (QED) is 0.339. The van der Waals surface area contributed by atoms with Crippen molar-refractivity contribution in [2.45, 2.75) is 50.9 Å². The summed E-state index contributed by atoms with van der Waals surface area (Å²) in [5.41, 5.74) is 3.84. The first kappa shape index (κ1) is 21.1. The summed E-state index contributed by atoms with van der Waals surface area (Å²) in [6.07, 6.45) is 3.83. The Morgan fingerprint density at radius 3 is 2.83 bits per heavy atom. The van der Waals surface area contributed by atoms with E-state index in [0.29, 0.717) is 28.5 Å². The number of pyridine rings is 1. The molecule has 0 aliphatic carbocycles. The SMILES string of the molecule is CCCCC(=O)Oc1ccc2[nH]c([S+]([O-])Cc3ncc(C)c(OC)c3C)nc2c1. The number of nitrogens with one attached hydrogen (secondary N) is 1. The van der Waals surface area contributed by atoms with Gasteiger partial charge in [0, 0.05) is 41.0 Å². The van der Waals surface area contributed by atoms with E-state index >= 15 is 0 Å². The molecule has 0 bridgehead atoms. The highest BCUT2D eigenvalue weighted by Crippen LogP contribution is 2.27. The summed E-state index contributed by atoms with van der Waals surface area (Å²) >= 11 is -1.41. The standard InChI is InChI=1S/C21H25N3O4S/c1-5-6-7-19(25)28-15-8-9-16-17(10-15)24-21(23-16)29(26)12-18-14(3)20(27-4)13(2)11-22-18/h8-11H,5-7,12H2,1-4H3,(H,23,24). The van der Waals surface area contributed by atoms with Crippen LogP contribution in [0.1, 0.15) is 43.0 Å². The molecule has 0 saturated carbocycles. The van der Waals surface area contributed by atoms with Crippen molar-refractivity contribution in [3.8, 4) is 11.5 Å². The molecular weight excluding hydrogens is 390 g/mol. The van der Waals surface area contributed by atoms with Crippen molar-refractivity contribution in [1.29, 1.82) is 0 Å². The van der Waals surface area contributed by atoms with Gasteiger partial charge in [0.05, 0.1) is 23.8 Å². The average Bonchev–Trinajstić information content (AvgIpc) is 3.12. The summed E-state index contributed by atoms with van der Waals surface area (Å²) in [4.78, 5) is 23.7. The van der Waals surface area contributed by atoms with Crippen LogP contribution in [0.25, 0.3) is 11.0 Å². The third-order valence-electron chi connectivity index (χ3n) is 4.63. The van der Waals surface area contributed by atoms with Gasteiger partial charge in [0.1, 0.15) is 11.5 Å². The van der Waals surface area contributed by atoms with E-state index in [9.17, 15) is 9.35 Å². The molecule has 8 heteroatoms. The van der Waals surface area contributed by atoms with Gasteiger partial charge in [-0.2, -0.15) is 4.98 Å². The van der Waals surface area contributed by atoms with E-state index < -0.39 is 11.2 Å². The summed E-state index contributed by atoms with van der Waals surface area (Å²) in [6.45, 7) is 5.85. The third kappa shape index (κ3) is 4.89. The maximum atomic E-state index is 12.9. The van der Waals surface area contributed by atoms with Gasteiger partial charge >= 0.3 is 11.1 Å². The van der Waals surface area contributed by atoms with Crippen LogP contribution in [0.15, 0.2) is 29.6 Å². The van der Waals surface area contributed by atoms with Crippen LogP contribution < -0.4 is 9.47 Å². The normalized spacial score (nSPS) is 12.2. The summed E-state index contributed by atoms with van der Waals surface area (Å²) in [7, 11) is 1.61. The van der Waals surface area contributed by atoms with Crippen molar-refractivity contribution in [3.63, 3.8) is 0 Å². The van der Waals surface area contributed by atoms with Crippen LogP contribution in [0.5, 0.6) is 11.5 Å². The van der Waals surface area contributed by atoms with Gasteiger partial charge in [0.2, 0.25) is 0 Å². The lowest BCUT2D eigenvalue weighted by Crippen LogP contribution is -2.10. The minimum atomic E-state index is -1.41. The fourth-order valence-electron chi connectivity index (χ4n) is 3.05. The highest BCUT2D eigenvalue weighted by atomic mass is 32.2. The monoisotopic (exact) mass is 415 g/mol. The minimum Gasteiger partial charge on any atom is -0.609 e. The lowest BCUT2D eigenvalue weighted by molar-refractivity contribution is -0.134. The Balaban J connectivity index is 1.77. The van der Waals surface area contributed by atoms with Gasteiger partial charge in [0.15, 0.2) is 5.75 Å². The first-order valence-corrected chi connectivity index (χ1v) is 10.8. The van der Waals surface area contributed by atoms with Crippen molar-refractivity contribution in [2.24, 2.45) is 0 Å². The molecule has 1 aromatic carbocycles. The lowest BCUT2D eigenvalue weighted by Gasteiger charge is -2.13. The van der Waals surface area contributed by atoms with E-state index in [4.69, 9.17) is 9.47 Å². The summed E-state index contributed by atoms with van der Waals surface area (Å²) in [5.74, 6) is 1.15. The molecule has 1 atom stereocenters. The number of nitrogens with zero attached hydrogens (tertiary/aromatic N) is 2. The zero-order valence-electron chi connectivity index (χ0n) is 17.1. The molecule has 0 fully saturated rings. The Labute approximate surface area is 173 Å². The Morgan fingerprint density at radius 2 is 2.10 bits per heavy atom. The van der Waals surface area contributed by atoms with Crippen molar-refractivity contribution < 1.29 is 18.8 Å². The second kappa shape index (κ2) is 9.28. The number of H-pyrrole nitrogens is 1. The molecule has 0 saturated heterocycles. The number of fused-ring (bicyclic) bond motifs is 1. The fourth-order valence-corrected chi connectivity index (χ4v) is 4.15. The molecule has 2 heterocycles. The second-order valence-electron chi connectivity index (χ2n) is 6.83. The van der Waals surface area contributed by atoms with Gasteiger partial charge < -0.3 is 14.0 Å². The van der Waals surface area contributed by atoms with Crippen LogP contribution in [0.3, 0.4) is 0 Å². The van der Waals surface area contributed by atoms with E-state index in [2.05, 4.69) is 15.0 Å². The zero-order valence-corrected chi connectivity index (χ0v) is 17.9. The molecule has 0 radical (unpaired) electrons. The van der Waals surface area contributed by atoms with Crippen LogP contribution in [-0.2, 0) is 21.7 Å². The number of imidazole rings is 1. The molecule has 0 aliphatic rings. The molecular formula is C21H25N3O4S. The highest BCUT2D eigenvalue weighted by molar-refractivity contribution is 7.90. The number of methoxy groups -OCH3 is 1. The number of aromatic amines is 1. The van der Waals surface area contributed by atoms with Crippen LogP contribution in [0, 0.1) is 13.8 Å². The van der Waals surface area contributed by atoms with Crippen LogP contribution in [-0.4, -0.2) is 32.6 Å². The molecule has 1 N–H and O–H groups in total. The molecule has 154 valence electrons. The number of ether oxygens (including phenoxy) is 2. The van der Waals surface area contributed by atoms with Gasteiger partial charge in [0.25, 0.3) is 0 Å². The van der Waals surface area contributed by atoms with Gasteiger partial charge in [-0.05, 0) is 32.4 Å². The Kier molecular flexibility index (Phi) is 6.76. The topological polar surface area (TPSA) is 100 Å². The maximum Gasteiger partial charge on any atom is 0.322 e. The molecule has 3 aromatic rings.